The number of ether oxygens (including phenoxy) is 6. The van der Waals surface area contributed by atoms with Crippen molar-refractivity contribution in [2.24, 2.45) is 101 Å². The van der Waals surface area contributed by atoms with Crippen molar-refractivity contribution < 1.29 is 115 Å². The van der Waals surface area contributed by atoms with Gasteiger partial charge in [-0.2, -0.15) is 0 Å². The van der Waals surface area contributed by atoms with Gasteiger partial charge in [-0.15, -0.1) is 0 Å². The van der Waals surface area contributed by atoms with Crippen LogP contribution in [0.15, 0.2) is 73.4 Å². The third-order valence-electron chi connectivity index (χ3n) is 31.1. The highest BCUT2D eigenvalue weighted by Crippen LogP contribution is 2.66. The van der Waals surface area contributed by atoms with Crippen molar-refractivity contribution in [3.8, 4) is 0 Å². The van der Waals surface area contributed by atoms with Crippen LogP contribution in [0.25, 0.3) is 0 Å². The summed E-state index contributed by atoms with van der Waals surface area (Å²) in [6.45, 7) is 28.5. The zero-order valence-corrected chi connectivity index (χ0v) is 74.7. The summed E-state index contributed by atoms with van der Waals surface area (Å²) in [5.41, 5.74) is 1.41. The molecule has 0 spiro atoms. The van der Waals surface area contributed by atoms with Gasteiger partial charge in [-0.3, -0.25) is 86.9 Å². The maximum absolute atomic E-state index is 13.1. The zero-order valence-electron chi connectivity index (χ0n) is 74.7. The molecule has 6 aliphatic heterocycles. The van der Waals surface area contributed by atoms with E-state index in [1.807, 2.05) is 0 Å². The van der Waals surface area contributed by atoms with Crippen molar-refractivity contribution >= 4 is 107 Å². The highest BCUT2D eigenvalue weighted by molar-refractivity contribution is 6.08. The summed E-state index contributed by atoms with van der Waals surface area (Å²) < 4.78 is 29.7. The van der Waals surface area contributed by atoms with Crippen LogP contribution < -0.4 is 0 Å². The van der Waals surface area contributed by atoms with Crippen LogP contribution in [0.4, 0.5) is 0 Å². The molecule has 30 nitrogen and oxygen atoms in total. The molecule has 18 rings (SSSR count). The van der Waals surface area contributed by atoms with E-state index in [9.17, 15) is 86.3 Å². The predicted molar refractivity (Wildman–Crippen MR) is 454 cm³/mol. The summed E-state index contributed by atoms with van der Waals surface area (Å²) >= 11 is 0. The topological polar surface area (TPSA) is 382 Å². The molecule has 8 bridgehead atoms. The lowest BCUT2D eigenvalue weighted by atomic mass is 9.67. The standard InChI is InChI=1S/C22H31NO4.C17H21NO4.C15H19NO4.C15H21NO4.C14H17NO4.C14H19NO4/c1-13(2)22(26)27-17-10-8-14(9-11-17)20(24)23-19-16-7-5-3-4-6-15(12-16)18(19)21(23)25;1-8(2)17(21)22-7-13(19)18-15-12-6-11(14(15)16(18)20)9-4-3-5-10(9)12;1-7(2)15(19)20-8(3)13(17)16-12-10-5-4-9(6-10)11(12)14(16)18;1-10(2)15(19)20-9-13(17)16-12-8-6-4-3-5-7-11(12)14(16)18;1-7(2)14(18)19-6-10(16)15-12-9-4-3-8(5-9)11(12)13(15)17;1-2-13(17)19-9-12(16)15-11-8-6-4-3-5-7-10(11)14(15)18/h14-19H,1,3-12H2,2H3;9-12,14-15H,1,3-7H2,2H3;8-12H,1,4-6H2,2-3H3;11-12H,1,3-9H2,2H3;8-9,11-12H,1,3-6H2,2H3;2,10-11H,1,3-9H2. The van der Waals surface area contributed by atoms with Gasteiger partial charge in [0.1, 0.15) is 6.10 Å². The van der Waals surface area contributed by atoms with E-state index in [4.69, 9.17) is 28.4 Å². The van der Waals surface area contributed by atoms with Crippen molar-refractivity contribution in [1.82, 2.24) is 29.4 Å². The number of β-lactam (4-membered cyclic amide) rings is 6. The van der Waals surface area contributed by atoms with Crippen molar-refractivity contribution in [1.29, 1.82) is 0 Å². The molecule has 23 atom stereocenters. The number of nitrogens with zero attached hydrogens (tertiary/aromatic N) is 6. The Balaban J connectivity index is 0.000000131. The van der Waals surface area contributed by atoms with Crippen LogP contribution in [0, 0.1) is 101 Å². The first-order valence-electron chi connectivity index (χ1n) is 46.7. The molecule has 12 amide bonds. The molecule has 0 aromatic heterocycles. The zero-order chi connectivity index (χ0) is 91.6. The van der Waals surface area contributed by atoms with E-state index in [2.05, 4.69) is 39.5 Å². The van der Waals surface area contributed by atoms with Gasteiger partial charge in [0.25, 0.3) is 29.5 Å². The summed E-state index contributed by atoms with van der Waals surface area (Å²) in [4.78, 5) is 223. The Morgan fingerprint density at radius 3 is 1.17 bits per heavy atom. The molecule has 18 fully saturated rings. The summed E-state index contributed by atoms with van der Waals surface area (Å²) in [6.07, 6.45) is 33.7. The van der Waals surface area contributed by atoms with Gasteiger partial charge in [0.2, 0.25) is 41.4 Å². The van der Waals surface area contributed by atoms with Gasteiger partial charge < -0.3 is 28.4 Å². The third-order valence-corrected chi connectivity index (χ3v) is 31.1. The molecule has 30 heteroatoms. The second-order valence-corrected chi connectivity index (χ2v) is 39.1. The molecule has 6 saturated heterocycles. The molecule has 0 N–H and O–H groups in total. The van der Waals surface area contributed by atoms with Gasteiger partial charge in [0.15, 0.2) is 32.5 Å². The number of hydrogen-bond acceptors (Lipinski definition) is 24. The number of amides is 12. The number of carbonyl (C=O) groups excluding carboxylic acids is 18. The maximum atomic E-state index is 13.1. The van der Waals surface area contributed by atoms with Crippen molar-refractivity contribution in [2.75, 3.05) is 26.4 Å². The fourth-order valence-electron chi connectivity index (χ4n) is 25.1. The summed E-state index contributed by atoms with van der Waals surface area (Å²) in [7, 11) is 0. The number of hydrogen-bond donors (Lipinski definition) is 0. The van der Waals surface area contributed by atoms with Crippen LogP contribution in [0.2, 0.25) is 0 Å². The lowest BCUT2D eigenvalue weighted by molar-refractivity contribution is -0.178. The van der Waals surface area contributed by atoms with Gasteiger partial charge in [0, 0.05) is 39.9 Å². The molecule has 23 unspecified atom stereocenters. The van der Waals surface area contributed by atoms with E-state index in [0.29, 0.717) is 90.4 Å². The highest BCUT2D eigenvalue weighted by Gasteiger charge is 2.71. The first kappa shape index (κ1) is 94.7. The Hall–Kier alpha value is -9.90. The average molecular weight is 1760 g/mol. The SMILES string of the molecule is C=C(C)C(=O)OC(C)C(=O)N1C(=O)C2C3CCC(C3)C21.C=C(C)C(=O)OC1CCC(C(=O)N2C(=O)C3C4CCCCCC(C4)C32)CC1.C=C(C)C(=O)OCC(=O)N1C(=O)C2C3CC(C4CCCC43)C21.C=C(C)C(=O)OCC(=O)N1C(=O)C2C3CCC(C3)C21.C=C(C)C(=O)OCC(=O)N1C(=O)C2CCCCCCC21.C=CC(=O)OCC(=O)N1C(=O)C2CCCCCCC21. The minimum atomic E-state index is -0.928. The Labute approximate surface area is 743 Å². The van der Waals surface area contributed by atoms with E-state index in [1.165, 1.54) is 117 Å². The number of imide groups is 6. The number of esters is 6. The van der Waals surface area contributed by atoms with Gasteiger partial charge in [-0.25, -0.2) is 28.8 Å². The molecule has 0 aromatic carbocycles. The molecular formula is C97H128N6O24. The van der Waals surface area contributed by atoms with Crippen LogP contribution in [0.1, 0.15) is 247 Å². The molecule has 6 heterocycles. The molecule has 18 aliphatic rings. The molecule has 690 valence electrons. The lowest BCUT2D eigenvalue weighted by Gasteiger charge is -2.51. The molecule has 12 saturated carbocycles. The minimum absolute atomic E-state index is 0.000596. The fourth-order valence-corrected chi connectivity index (χ4v) is 25.1. The van der Waals surface area contributed by atoms with Gasteiger partial charge in [0.05, 0.1) is 71.8 Å². The van der Waals surface area contributed by atoms with Crippen molar-refractivity contribution in [2.45, 2.75) is 295 Å². The molecule has 12 aliphatic carbocycles. The van der Waals surface area contributed by atoms with E-state index in [1.54, 1.807) is 11.8 Å². The van der Waals surface area contributed by atoms with Crippen LogP contribution >= 0.6 is 0 Å². The Morgan fingerprint density at radius 1 is 0.339 bits per heavy atom. The summed E-state index contributed by atoms with van der Waals surface area (Å²) in [5.74, 6) is -0.145. The first-order chi connectivity index (χ1) is 60.6. The van der Waals surface area contributed by atoms with Crippen LogP contribution in [-0.4, -0.2) is 211 Å². The Bertz CT molecular complexity index is 4500. The third kappa shape index (κ3) is 19.3. The smallest absolute Gasteiger partial charge is 0.333 e. The Morgan fingerprint density at radius 2 is 0.701 bits per heavy atom. The average Bonchev–Trinajstić information content (AvgIpc) is 1.52. The predicted octanol–water partition coefficient (Wildman–Crippen LogP) is 10.5. The molecule has 0 radical (unpaired) electrons. The van der Waals surface area contributed by atoms with E-state index < -0.39 is 59.6 Å². The minimum Gasteiger partial charge on any atom is -0.459 e. The maximum Gasteiger partial charge on any atom is 0.333 e. The van der Waals surface area contributed by atoms with Crippen molar-refractivity contribution in [3.05, 3.63) is 73.4 Å². The number of likely N-dealkylation sites (tertiary alicyclic amines) is 6. The van der Waals surface area contributed by atoms with E-state index in [0.717, 1.165) is 128 Å². The number of rotatable bonds is 18. The first-order valence-corrected chi connectivity index (χ1v) is 46.7. The molecule has 0 aromatic rings. The van der Waals surface area contributed by atoms with Crippen molar-refractivity contribution in [3.63, 3.8) is 0 Å². The second-order valence-electron chi connectivity index (χ2n) is 39.1. The number of fused-ring (bicyclic) bond motifs is 25. The van der Waals surface area contributed by atoms with Crippen LogP contribution in [0.3, 0.4) is 0 Å². The quantitative estimate of drug-likeness (QED) is 0.0404. The van der Waals surface area contributed by atoms with E-state index in [-0.39, 0.29) is 186 Å². The summed E-state index contributed by atoms with van der Waals surface area (Å²) in [5, 5.41) is 0. The Kier molecular flexibility index (Phi) is 30.1. The second kappa shape index (κ2) is 40.4. The monoisotopic (exact) mass is 1760 g/mol. The largest absolute Gasteiger partial charge is 0.459 e. The molecular weight excluding hydrogens is 1630 g/mol. The van der Waals surface area contributed by atoms with Gasteiger partial charge >= 0.3 is 35.8 Å². The van der Waals surface area contributed by atoms with Crippen LogP contribution in [-0.2, 0) is 115 Å². The molecule has 127 heavy (non-hydrogen) atoms. The summed E-state index contributed by atoms with van der Waals surface area (Å²) in [6, 6.07) is 0.406. The fraction of sp³-hybridized carbons (Fsp3) is 0.691. The number of carbonyl (C=O) groups is 18. The highest BCUT2D eigenvalue weighted by atomic mass is 16.6. The lowest BCUT2D eigenvalue weighted by Crippen LogP contribution is -2.67. The normalized spacial score (nSPS) is 34.0. The van der Waals surface area contributed by atoms with Crippen LogP contribution in [0.5, 0.6) is 0 Å². The van der Waals surface area contributed by atoms with Gasteiger partial charge in [-0.05, 0) is 229 Å². The van der Waals surface area contributed by atoms with E-state index >= 15 is 0 Å². The van der Waals surface area contributed by atoms with Gasteiger partial charge in [-0.1, -0.05) is 117 Å².